The van der Waals surface area contributed by atoms with Gasteiger partial charge in [0.05, 0.1) is 0 Å². The zero-order valence-electron chi connectivity index (χ0n) is 9.18. The van der Waals surface area contributed by atoms with Gasteiger partial charge in [0, 0.05) is 18.3 Å². The summed E-state index contributed by atoms with van der Waals surface area (Å²) in [4.78, 5) is 12.1. The molecule has 1 aliphatic heterocycles. The van der Waals surface area contributed by atoms with E-state index in [0.717, 1.165) is 17.5 Å². The van der Waals surface area contributed by atoms with Gasteiger partial charge in [-0.1, -0.05) is 42.1 Å². The van der Waals surface area contributed by atoms with Gasteiger partial charge in [-0.05, 0) is 12.3 Å². The van der Waals surface area contributed by atoms with Gasteiger partial charge < -0.3 is 10.0 Å². The molecule has 0 aromatic heterocycles. The number of aliphatic hydroxyl groups is 1. The lowest BCUT2D eigenvalue weighted by Gasteiger charge is -2.34. The number of nitrogens with zero attached hydrogens (tertiary/aromatic N) is 1. The van der Waals surface area contributed by atoms with Crippen molar-refractivity contribution >= 4 is 17.7 Å². The van der Waals surface area contributed by atoms with Crippen LogP contribution < -0.4 is 0 Å². The van der Waals surface area contributed by atoms with E-state index in [2.05, 4.69) is 0 Å². The van der Waals surface area contributed by atoms with Crippen molar-refractivity contribution in [3.63, 3.8) is 0 Å². The van der Waals surface area contributed by atoms with Crippen LogP contribution in [0.1, 0.15) is 12.5 Å². The third-order valence-electron chi connectivity index (χ3n) is 2.69. The predicted octanol–water partition coefficient (Wildman–Crippen LogP) is 1.90. The van der Waals surface area contributed by atoms with Crippen molar-refractivity contribution in [2.24, 2.45) is 0 Å². The highest BCUT2D eigenvalue weighted by Crippen LogP contribution is 2.40. The second-order valence-electron chi connectivity index (χ2n) is 3.75. The van der Waals surface area contributed by atoms with E-state index >= 15 is 0 Å². The van der Waals surface area contributed by atoms with Crippen LogP contribution in [0.5, 0.6) is 0 Å². The first-order valence-electron chi connectivity index (χ1n) is 4.96. The summed E-state index contributed by atoms with van der Waals surface area (Å²) in [6.45, 7) is 1.84. The third-order valence-corrected chi connectivity index (χ3v) is 3.90. The van der Waals surface area contributed by atoms with Crippen LogP contribution in [0.3, 0.4) is 0 Å². The van der Waals surface area contributed by atoms with Crippen LogP contribution in [0, 0.1) is 0 Å². The largest absolute Gasteiger partial charge is 0.367 e. The van der Waals surface area contributed by atoms with Crippen LogP contribution in [0.4, 0.5) is 0 Å². The molecule has 0 fully saturated rings. The average molecular weight is 235 g/mol. The lowest BCUT2D eigenvalue weighted by Crippen LogP contribution is -2.44. The van der Waals surface area contributed by atoms with Crippen molar-refractivity contribution in [1.29, 1.82) is 0 Å². The van der Waals surface area contributed by atoms with Crippen LogP contribution in [0.2, 0.25) is 0 Å². The number of rotatable bonds is 1. The smallest absolute Gasteiger partial charge is 0.274 e. The summed E-state index contributed by atoms with van der Waals surface area (Å²) in [5.41, 5.74) is 1.45. The van der Waals surface area contributed by atoms with Gasteiger partial charge in [0.1, 0.15) is 0 Å². The van der Waals surface area contributed by atoms with Gasteiger partial charge in [-0.3, -0.25) is 4.79 Å². The molecular weight excluding hydrogens is 222 g/mol. The normalized spacial score (nSPS) is 25.6. The molecule has 1 unspecified atom stereocenters. The quantitative estimate of drug-likeness (QED) is 0.808. The molecule has 84 valence electrons. The Hall–Kier alpha value is -1.26. The van der Waals surface area contributed by atoms with Gasteiger partial charge in [0.15, 0.2) is 0 Å². The Morgan fingerprint density at radius 3 is 2.56 bits per heavy atom. The summed E-state index contributed by atoms with van der Waals surface area (Å²) in [7, 11) is 1.67. The molecule has 0 aliphatic carbocycles. The Balaban J connectivity index is 2.45. The molecule has 16 heavy (non-hydrogen) atoms. The first-order valence-corrected chi connectivity index (χ1v) is 5.84. The fourth-order valence-electron chi connectivity index (χ4n) is 1.54. The number of hydrogen-bond acceptors (Lipinski definition) is 3. The second-order valence-corrected chi connectivity index (χ2v) is 4.81. The molecule has 4 heteroatoms. The van der Waals surface area contributed by atoms with Gasteiger partial charge in [-0.25, -0.2) is 0 Å². The van der Waals surface area contributed by atoms with E-state index in [1.165, 1.54) is 4.90 Å². The Bertz CT molecular complexity index is 444. The van der Waals surface area contributed by atoms with Crippen LogP contribution in [-0.4, -0.2) is 23.0 Å². The second kappa shape index (κ2) is 3.96. The maximum atomic E-state index is 12.1. The van der Waals surface area contributed by atoms with Crippen LogP contribution in [0.15, 0.2) is 41.4 Å². The van der Waals surface area contributed by atoms with Gasteiger partial charge >= 0.3 is 0 Å². The van der Waals surface area contributed by atoms with Crippen molar-refractivity contribution in [3.8, 4) is 0 Å². The number of thioether (sulfide) groups is 1. The molecule has 0 saturated heterocycles. The fraction of sp³-hybridized carbons (Fsp3) is 0.250. The summed E-state index contributed by atoms with van der Waals surface area (Å²) in [5.74, 6) is -0.302. The van der Waals surface area contributed by atoms with E-state index in [9.17, 15) is 9.90 Å². The zero-order valence-corrected chi connectivity index (χ0v) is 9.99. The molecule has 3 nitrogen and oxygen atoms in total. The fourth-order valence-corrected chi connectivity index (χ4v) is 2.55. The van der Waals surface area contributed by atoms with Crippen molar-refractivity contribution in [2.45, 2.75) is 11.9 Å². The highest BCUT2D eigenvalue weighted by atomic mass is 32.2. The number of amides is 1. The molecule has 0 bridgehead atoms. The number of benzene rings is 1. The molecule has 1 aromatic rings. The number of carbonyl (C=O) groups is 1. The molecule has 0 radical (unpaired) electrons. The van der Waals surface area contributed by atoms with E-state index < -0.39 is 4.93 Å². The molecule has 1 aromatic carbocycles. The minimum absolute atomic E-state index is 0.302. The van der Waals surface area contributed by atoms with Gasteiger partial charge in [0.2, 0.25) is 4.93 Å². The average Bonchev–Trinajstić information content (AvgIpc) is 2.33. The molecule has 1 atom stereocenters. The number of hydrogen-bond donors (Lipinski definition) is 1. The van der Waals surface area contributed by atoms with E-state index in [1.54, 1.807) is 24.6 Å². The Kier molecular flexibility index (Phi) is 2.78. The predicted molar refractivity (Wildman–Crippen MR) is 64.5 cm³/mol. The topological polar surface area (TPSA) is 40.5 Å². The van der Waals surface area contributed by atoms with E-state index in [0.29, 0.717) is 5.56 Å². The van der Waals surface area contributed by atoms with Crippen LogP contribution in [0.25, 0.3) is 0 Å². The monoisotopic (exact) mass is 235 g/mol. The Morgan fingerprint density at radius 2 is 1.94 bits per heavy atom. The molecular formula is C12H13NO2S. The third kappa shape index (κ3) is 1.64. The van der Waals surface area contributed by atoms with Crippen LogP contribution >= 0.6 is 11.8 Å². The van der Waals surface area contributed by atoms with Crippen molar-refractivity contribution < 1.29 is 9.90 Å². The summed E-state index contributed by atoms with van der Waals surface area (Å²) in [6, 6.07) is 8.99. The molecule has 1 heterocycles. The standard InChI is InChI=1S/C12H13NO2S/c1-9-8-16-12(15,11(14)13(9)2)10-6-4-3-5-7-10/h3-8,15H,1-2H3. The number of allylic oxidation sites excluding steroid dienone is 1. The molecule has 0 saturated carbocycles. The summed E-state index contributed by atoms with van der Waals surface area (Å²) in [6.07, 6.45) is 0. The minimum Gasteiger partial charge on any atom is -0.367 e. The maximum absolute atomic E-state index is 12.1. The highest BCUT2D eigenvalue weighted by Gasteiger charge is 2.43. The van der Waals surface area contributed by atoms with Crippen molar-refractivity contribution in [2.75, 3.05) is 7.05 Å². The van der Waals surface area contributed by atoms with Gasteiger partial charge in [0.25, 0.3) is 5.91 Å². The summed E-state index contributed by atoms with van der Waals surface area (Å²) < 4.78 is 0. The van der Waals surface area contributed by atoms with Gasteiger partial charge in [-0.15, -0.1) is 0 Å². The van der Waals surface area contributed by atoms with Crippen molar-refractivity contribution in [1.82, 2.24) is 4.90 Å². The Labute approximate surface area is 98.8 Å². The molecule has 1 aliphatic rings. The maximum Gasteiger partial charge on any atom is 0.274 e. The van der Waals surface area contributed by atoms with Crippen molar-refractivity contribution in [3.05, 3.63) is 47.0 Å². The van der Waals surface area contributed by atoms with Gasteiger partial charge in [-0.2, -0.15) is 0 Å². The SMILES string of the molecule is CC1=CSC(O)(c2ccccc2)C(=O)N1C. The van der Waals surface area contributed by atoms with E-state index in [1.807, 2.05) is 25.1 Å². The molecule has 0 spiro atoms. The first kappa shape index (κ1) is 11.2. The zero-order chi connectivity index (χ0) is 11.8. The van der Waals surface area contributed by atoms with E-state index in [-0.39, 0.29) is 5.91 Å². The Morgan fingerprint density at radius 1 is 1.31 bits per heavy atom. The lowest BCUT2D eigenvalue weighted by atomic mass is 10.1. The lowest BCUT2D eigenvalue weighted by molar-refractivity contribution is -0.140. The summed E-state index contributed by atoms with van der Waals surface area (Å²) in [5, 5.41) is 12.2. The number of carbonyl (C=O) groups excluding carboxylic acids is 1. The number of likely N-dealkylation sites (N-methyl/N-ethyl adjacent to an activating group) is 1. The first-order chi connectivity index (χ1) is 7.55. The molecule has 2 rings (SSSR count). The van der Waals surface area contributed by atoms with E-state index in [4.69, 9.17) is 0 Å². The molecule has 1 amide bonds. The minimum atomic E-state index is -1.49. The molecule has 1 N–H and O–H groups in total. The highest BCUT2D eigenvalue weighted by molar-refractivity contribution is 8.03. The summed E-state index contributed by atoms with van der Waals surface area (Å²) >= 11 is 1.14. The van der Waals surface area contributed by atoms with Crippen LogP contribution in [-0.2, 0) is 9.73 Å².